The van der Waals surface area contributed by atoms with E-state index in [0.717, 1.165) is 16.6 Å². The summed E-state index contributed by atoms with van der Waals surface area (Å²) in [5, 5.41) is 0. The van der Waals surface area contributed by atoms with Gasteiger partial charge in [0, 0.05) is 0 Å². The molecule has 0 spiro atoms. The fraction of sp³-hybridized carbons (Fsp3) is 0.300. The highest BCUT2D eigenvalue weighted by Gasteiger charge is 2.28. The van der Waals surface area contributed by atoms with E-state index in [1.807, 2.05) is 18.2 Å². The highest BCUT2D eigenvalue weighted by molar-refractivity contribution is 9.10. The lowest BCUT2D eigenvalue weighted by Gasteiger charge is -2.32. The predicted octanol–water partition coefficient (Wildman–Crippen LogP) is 6.11. The van der Waals surface area contributed by atoms with Crippen LogP contribution >= 0.6 is 15.9 Å². The topological polar surface area (TPSA) is 9.23 Å². The molecule has 2 aromatic rings. The molecule has 0 heterocycles. The molecule has 0 saturated heterocycles. The van der Waals surface area contributed by atoms with Crippen LogP contribution in [0.4, 0.5) is 0 Å². The van der Waals surface area contributed by atoms with Gasteiger partial charge in [-0.25, -0.2) is 0 Å². The molecule has 2 heteroatoms. The van der Waals surface area contributed by atoms with Crippen LogP contribution in [0, 0.1) is 0 Å². The molecule has 1 aliphatic carbocycles. The maximum absolute atomic E-state index is 6.05. The van der Waals surface area contributed by atoms with Crippen molar-refractivity contribution in [3.8, 4) is 5.75 Å². The van der Waals surface area contributed by atoms with E-state index in [1.165, 1.54) is 22.3 Å². The summed E-state index contributed by atoms with van der Waals surface area (Å²) in [4.78, 5) is 0. The maximum atomic E-state index is 6.05. The van der Waals surface area contributed by atoms with Crippen LogP contribution in [0.5, 0.6) is 5.75 Å². The van der Waals surface area contributed by atoms with Crippen LogP contribution in [0.2, 0.25) is 0 Å². The number of hydrogen-bond donors (Lipinski definition) is 0. The van der Waals surface area contributed by atoms with E-state index in [4.69, 9.17) is 4.74 Å². The molecule has 2 aromatic carbocycles. The minimum atomic E-state index is 0.153. The minimum Gasteiger partial charge on any atom is -0.488 e. The third-order valence-corrected chi connectivity index (χ3v) is 5.00. The van der Waals surface area contributed by atoms with Gasteiger partial charge in [-0.15, -0.1) is 0 Å². The van der Waals surface area contributed by atoms with Crippen LogP contribution in [-0.4, -0.2) is 0 Å². The first kappa shape index (κ1) is 15.4. The molecule has 0 aliphatic heterocycles. The van der Waals surface area contributed by atoms with E-state index in [-0.39, 0.29) is 5.41 Å². The Morgan fingerprint density at radius 1 is 1.14 bits per heavy atom. The molecule has 0 aromatic heterocycles. The average molecular weight is 357 g/mol. The molecule has 0 unspecified atom stereocenters. The number of halogens is 1. The summed E-state index contributed by atoms with van der Waals surface area (Å²) < 4.78 is 7.07. The van der Waals surface area contributed by atoms with Crippen molar-refractivity contribution in [2.75, 3.05) is 0 Å². The molecule has 0 amide bonds. The molecule has 0 bridgehead atoms. The lowest BCUT2D eigenvalue weighted by atomic mass is 9.73. The van der Waals surface area contributed by atoms with Gasteiger partial charge in [0.2, 0.25) is 0 Å². The predicted molar refractivity (Wildman–Crippen MR) is 96.2 cm³/mol. The van der Waals surface area contributed by atoms with Crippen molar-refractivity contribution in [1.29, 1.82) is 0 Å². The quantitative estimate of drug-likeness (QED) is 0.644. The third-order valence-electron chi connectivity index (χ3n) is 4.38. The number of ether oxygens (including phenoxy) is 1. The highest BCUT2D eigenvalue weighted by Crippen LogP contribution is 2.43. The van der Waals surface area contributed by atoms with Crippen molar-refractivity contribution in [3.63, 3.8) is 0 Å². The monoisotopic (exact) mass is 356 g/mol. The Morgan fingerprint density at radius 3 is 2.59 bits per heavy atom. The molecular weight excluding hydrogens is 336 g/mol. The Balaban J connectivity index is 1.92. The number of rotatable bonds is 3. The Labute approximate surface area is 141 Å². The van der Waals surface area contributed by atoms with Gasteiger partial charge in [0.05, 0.1) is 4.47 Å². The number of fused-ring (bicyclic) bond motifs is 1. The molecule has 1 aliphatic rings. The molecule has 0 radical (unpaired) electrons. The first-order chi connectivity index (χ1) is 10.5. The lowest BCUT2D eigenvalue weighted by molar-refractivity contribution is 0.303. The van der Waals surface area contributed by atoms with E-state index < -0.39 is 0 Å². The standard InChI is InChI=1S/C20H21BrO/c1-14-9-10-20(2,3)17-12-19(18(21)11-16(14)17)22-13-15-7-5-4-6-8-15/h4-9,11-12H,10,13H2,1-3H3. The van der Waals surface area contributed by atoms with Crippen molar-refractivity contribution >= 4 is 21.5 Å². The van der Waals surface area contributed by atoms with Crippen LogP contribution < -0.4 is 4.74 Å². The fourth-order valence-electron chi connectivity index (χ4n) is 2.91. The molecule has 114 valence electrons. The summed E-state index contributed by atoms with van der Waals surface area (Å²) in [6.45, 7) is 7.37. The summed E-state index contributed by atoms with van der Waals surface area (Å²) in [5.74, 6) is 0.922. The van der Waals surface area contributed by atoms with Crippen molar-refractivity contribution in [1.82, 2.24) is 0 Å². The fourth-order valence-corrected chi connectivity index (χ4v) is 3.37. The average Bonchev–Trinajstić information content (AvgIpc) is 2.51. The van der Waals surface area contributed by atoms with Crippen LogP contribution in [-0.2, 0) is 12.0 Å². The minimum absolute atomic E-state index is 0.153. The Morgan fingerprint density at radius 2 is 1.86 bits per heavy atom. The van der Waals surface area contributed by atoms with E-state index >= 15 is 0 Å². The number of benzene rings is 2. The smallest absolute Gasteiger partial charge is 0.134 e. The van der Waals surface area contributed by atoms with Gasteiger partial charge in [0.25, 0.3) is 0 Å². The van der Waals surface area contributed by atoms with Gasteiger partial charge in [-0.1, -0.05) is 50.3 Å². The molecule has 0 atom stereocenters. The molecular formula is C20H21BrO. The Bertz CT molecular complexity index is 714. The van der Waals surface area contributed by atoms with Gasteiger partial charge in [-0.05, 0) is 69.1 Å². The van der Waals surface area contributed by atoms with Gasteiger partial charge in [-0.3, -0.25) is 0 Å². The zero-order chi connectivity index (χ0) is 15.7. The maximum Gasteiger partial charge on any atom is 0.134 e. The molecule has 22 heavy (non-hydrogen) atoms. The summed E-state index contributed by atoms with van der Waals surface area (Å²) in [6, 6.07) is 14.7. The van der Waals surface area contributed by atoms with Crippen LogP contribution in [0.1, 0.15) is 43.9 Å². The van der Waals surface area contributed by atoms with Gasteiger partial charge < -0.3 is 4.74 Å². The highest BCUT2D eigenvalue weighted by atomic mass is 79.9. The van der Waals surface area contributed by atoms with Crippen LogP contribution in [0.15, 0.2) is 53.0 Å². The first-order valence-corrected chi connectivity index (χ1v) is 8.44. The van der Waals surface area contributed by atoms with Crippen molar-refractivity contribution in [2.24, 2.45) is 0 Å². The summed E-state index contributed by atoms with van der Waals surface area (Å²) in [5.41, 5.74) is 5.39. The zero-order valence-corrected chi connectivity index (χ0v) is 14.9. The van der Waals surface area contributed by atoms with Crippen molar-refractivity contribution < 1.29 is 4.74 Å². The Hall–Kier alpha value is -1.54. The van der Waals surface area contributed by atoms with Gasteiger partial charge in [0.1, 0.15) is 12.4 Å². The van der Waals surface area contributed by atoms with Gasteiger partial charge >= 0.3 is 0 Å². The largest absolute Gasteiger partial charge is 0.488 e. The molecule has 1 nitrogen and oxygen atoms in total. The van der Waals surface area contributed by atoms with Gasteiger partial charge in [0.15, 0.2) is 0 Å². The van der Waals surface area contributed by atoms with E-state index in [9.17, 15) is 0 Å². The Kier molecular flexibility index (Phi) is 4.14. The molecule has 3 rings (SSSR count). The van der Waals surface area contributed by atoms with Crippen molar-refractivity contribution in [3.05, 3.63) is 69.7 Å². The number of hydrogen-bond acceptors (Lipinski definition) is 1. The second kappa shape index (κ2) is 5.92. The van der Waals surface area contributed by atoms with E-state index in [2.05, 4.69) is 67.0 Å². The van der Waals surface area contributed by atoms with E-state index in [0.29, 0.717) is 6.61 Å². The number of allylic oxidation sites excluding steroid dienone is 2. The second-order valence-electron chi connectivity index (χ2n) is 6.58. The summed E-state index contributed by atoms with van der Waals surface area (Å²) >= 11 is 3.66. The van der Waals surface area contributed by atoms with Crippen LogP contribution in [0.3, 0.4) is 0 Å². The summed E-state index contributed by atoms with van der Waals surface area (Å²) in [6.07, 6.45) is 3.41. The summed E-state index contributed by atoms with van der Waals surface area (Å²) in [7, 11) is 0. The van der Waals surface area contributed by atoms with Crippen LogP contribution in [0.25, 0.3) is 5.57 Å². The molecule has 0 fully saturated rings. The molecule has 0 saturated carbocycles. The first-order valence-electron chi connectivity index (χ1n) is 7.65. The second-order valence-corrected chi connectivity index (χ2v) is 7.43. The zero-order valence-electron chi connectivity index (χ0n) is 13.3. The van der Waals surface area contributed by atoms with E-state index in [1.54, 1.807) is 0 Å². The normalized spacial score (nSPS) is 15.9. The third kappa shape index (κ3) is 2.98. The van der Waals surface area contributed by atoms with Crippen molar-refractivity contribution in [2.45, 2.75) is 39.2 Å². The molecule has 0 N–H and O–H groups in total. The SMILES string of the molecule is CC1=CCC(C)(C)c2cc(OCc3ccccc3)c(Br)cc21. The van der Waals surface area contributed by atoms with Gasteiger partial charge in [-0.2, -0.15) is 0 Å². The lowest BCUT2D eigenvalue weighted by Crippen LogP contribution is -2.21.